The molecule has 2 aromatic carbocycles. The van der Waals surface area contributed by atoms with Crippen LogP contribution in [-0.4, -0.2) is 22.3 Å². The summed E-state index contributed by atoms with van der Waals surface area (Å²) < 4.78 is 2.35. The highest BCUT2D eigenvalue weighted by atomic mass is 35.5. The number of aryl methyl sites for hydroxylation is 1. The molecule has 0 saturated carbocycles. The Labute approximate surface area is 159 Å². The number of benzene rings is 2. The molecule has 3 aromatic rings. The van der Waals surface area contributed by atoms with Crippen molar-refractivity contribution in [2.24, 2.45) is 0 Å². The second-order valence-corrected chi connectivity index (χ2v) is 7.61. The number of aliphatic hydroxyl groups excluding tert-OH is 1. The molecule has 1 atom stereocenters. The third-order valence-electron chi connectivity index (χ3n) is 5.30. The zero-order valence-corrected chi connectivity index (χ0v) is 15.7. The summed E-state index contributed by atoms with van der Waals surface area (Å²) in [4.78, 5) is 0. The first-order valence-electron chi connectivity index (χ1n) is 9.44. The van der Waals surface area contributed by atoms with Gasteiger partial charge in [0.25, 0.3) is 0 Å². The summed E-state index contributed by atoms with van der Waals surface area (Å²) in [7, 11) is 0. The molecule has 1 aliphatic rings. The van der Waals surface area contributed by atoms with Crippen molar-refractivity contribution in [2.45, 2.75) is 44.9 Å². The Hall–Kier alpha value is -1.81. The molecule has 0 spiro atoms. The van der Waals surface area contributed by atoms with Crippen molar-refractivity contribution in [1.82, 2.24) is 9.88 Å². The van der Waals surface area contributed by atoms with Crippen molar-refractivity contribution in [3.63, 3.8) is 0 Å². The smallest absolute Gasteiger partial charge is 0.0843 e. The van der Waals surface area contributed by atoms with Gasteiger partial charge in [0.2, 0.25) is 0 Å². The van der Waals surface area contributed by atoms with Crippen LogP contribution < -0.4 is 5.32 Å². The molecule has 1 aliphatic carbocycles. The third-order valence-corrected chi connectivity index (χ3v) is 5.55. The number of hydrogen-bond acceptors (Lipinski definition) is 2. The molecule has 2 N–H and O–H groups in total. The van der Waals surface area contributed by atoms with Crippen LogP contribution in [0.2, 0.25) is 5.02 Å². The lowest BCUT2D eigenvalue weighted by Crippen LogP contribution is -2.30. The van der Waals surface area contributed by atoms with E-state index in [-0.39, 0.29) is 0 Å². The van der Waals surface area contributed by atoms with E-state index in [1.54, 1.807) is 0 Å². The van der Waals surface area contributed by atoms with Crippen LogP contribution in [0.15, 0.2) is 48.5 Å². The second-order valence-electron chi connectivity index (χ2n) is 7.17. The summed E-state index contributed by atoms with van der Waals surface area (Å²) in [5, 5.41) is 16.1. The molecule has 0 aliphatic heterocycles. The van der Waals surface area contributed by atoms with Crippen LogP contribution in [0.4, 0.5) is 0 Å². The monoisotopic (exact) mass is 368 g/mol. The molecule has 4 heteroatoms. The normalized spacial score (nSPS) is 15.2. The van der Waals surface area contributed by atoms with Crippen LogP contribution in [0, 0.1) is 0 Å². The van der Waals surface area contributed by atoms with E-state index in [4.69, 9.17) is 11.6 Å². The van der Waals surface area contributed by atoms with Crippen molar-refractivity contribution in [3.05, 3.63) is 70.4 Å². The molecule has 0 bridgehead atoms. The lowest BCUT2D eigenvalue weighted by Gasteiger charge is -2.19. The van der Waals surface area contributed by atoms with Crippen LogP contribution in [0.3, 0.4) is 0 Å². The highest BCUT2D eigenvalue weighted by Crippen LogP contribution is 2.32. The van der Waals surface area contributed by atoms with Gasteiger partial charge in [0.1, 0.15) is 0 Å². The maximum atomic E-state index is 10.6. The molecule has 26 heavy (non-hydrogen) atoms. The highest BCUT2D eigenvalue weighted by Gasteiger charge is 2.20. The Kier molecular flexibility index (Phi) is 5.30. The van der Waals surface area contributed by atoms with Crippen molar-refractivity contribution >= 4 is 22.5 Å². The van der Waals surface area contributed by atoms with Gasteiger partial charge in [-0.05, 0) is 55.0 Å². The van der Waals surface area contributed by atoms with Gasteiger partial charge in [-0.2, -0.15) is 0 Å². The van der Waals surface area contributed by atoms with E-state index in [0.29, 0.717) is 13.1 Å². The Morgan fingerprint density at radius 2 is 1.81 bits per heavy atom. The average Bonchev–Trinajstić information content (AvgIpc) is 2.98. The minimum atomic E-state index is -0.413. The van der Waals surface area contributed by atoms with Gasteiger partial charge in [-0.25, -0.2) is 0 Å². The van der Waals surface area contributed by atoms with Crippen LogP contribution >= 0.6 is 11.6 Å². The van der Waals surface area contributed by atoms with Gasteiger partial charge >= 0.3 is 0 Å². The number of nitrogens with zero attached hydrogens (tertiary/aromatic N) is 1. The number of aromatic nitrogens is 1. The highest BCUT2D eigenvalue weighted by molar-refractivity contribution is 6.30. The van der Waals surface area contributed by atoms with E-state index < -0.39 is 6.10 Å². The fraction of sp³-hybridized carbons (Fsp3) is 0.364. The van der Waals surface area contributed by atoms with E-state index in [1.165, 1.54) is 40.6 Å². The van der Waals surface area contributed by atoms with Crippen LogP contribution in [-0.2, 0) is 25.9 Å². The van der Waals surface area contributed by atoms with Gasteiger partial charge in [0, 0.05) is 34.7 Å². The summed E-state index contributed by atoms with van der Waals surface area (Å²) in [5.74, 6) is 0. The predicted octanol–water partition coefficient (Wildman–Crippen LogP) is 4.32. The fourth-order valence-corrected chi connectivity index (χ4v) is 4.18. The first-order chi connectivity index (χ1) is 12.7. The molecule has 136 valence electrons. The fourth-order valence-electron chi connectivity index (χ4n) is 4.06. The molecule has 1 aromatic heterocycles. The van der Waals surface area contributed by atoms with Crippen molar-refractivity contribution in [3.8, 4) is 0 Å². The molecule has 1 heterocycles. The second kappa shape index (κ2) is 7.83. The summed E-state index contributed by atoms with van der Waals surface area (Å²) in [5.41, 5.74) is 5.35. The van der Waals surface area contributed by atoms with Crippen molar-refractivity contribution in [1.29, 1.82) is 0 Å². The number of rotatable bonds is 6. The van der Waals surface area contributed by atoms with E-state index in [2.05, 4.69) is 34.1 Å². The Balaban J connectivity index is 1.44. The van der Waals surface area contributed by atoms with Crippen LogP contribution in [0.25, 0.3) is 10.9 Å². The average molecular weight is 369 g/mol. The van der Waals surface area contributed by atoms with E-state index in [0.717, 1.165) is 24.4 Å². The molecule has 3 nitrogen and oxygen atoms in total. The number of aliphatic hydroxyl groups is 1. The lowest BCUT2D eigenvalue weighted by molar-refractivity contribution is 0.151. The van der Waals surface area contributed by atoms with Gasteiger partial charge in [0.15, 0.2) is 0 Å². The number of nitrogens with one attached hydrogen (secondary N) is 1. The topological polar surface area (TPSA) is 37.2 Å². The summed E-state index contributed by atoms with van der Waals surface area (Å²) in [6.07, 6.45) is 4.38. The van der Waals surface area contributed by atoms with Gasteiger partial charge in [-0.1, -0.05) is 41.9 Å². The first-order valence-corrected chi connectivity index (χ1v) is 9.82. The first kappa shape index (κ1) is 17.6. The molecule has 0 radical (unpaired) electrons. The number of hydrogen-bond donors (Lipinski definition) is 2. The van der Waals surface area contributed by atoms with Crippen molar-refractivity contribution in [2.75, 3.05) is 6.54 Å². The minimum Gasteiger partial charge on any atom is -0.390 e. The summed E-state index contributed by atoms with van der Waals surface area (Å²) in [6, 6.07) is 16.4. The predicted molar refractivity (Wildman–Crippen MR) is 108 cm³/mol. The zero-order valence-electron chi connectivity index (χ0n) is 14.9. The van der Waals surface area contributed by atoms with Gasteiger partial charge in [0.05, 0.1) is 12.6 Å². The largest absolute Gasteiger partial charge is 0.390 e. The number of fused-ring (bicyclic) bond motifs is 3. The van der Waals surface area contributed by atoms with E-state index in [1.807, 2.05) is 24.3 Å². The lowest BCUT2D eigenvalue weighted by atomic mass is 9.95. The van der Waals surface area contributed by atoms with Gasteiger partial charge in [-0.15, -0.1) is 0 Å². The Morgan fingerprint density at radius 3 is 2.65 bits per heavy atom. The Morgan fingerprint density at radius 1 is 1.04 bits per heavy atom. The maximum absolute atomic E-state index is 10.6. The molecule has 0 fully saturated rings. The molecular weight excluding hydrogens is 344 g/mol. The summed E-state index contributed by atoms with van der Waals surface area (Å²) in [6.45, 7) is 1.95. The quantitative estimate of drug-likeness (QED) is 0.679. The van der Waals surface area contributed by atoms with E-state index >= 15 is 0 Å². The standard InChI is InChI=1S/C22H25ClN2O/c23-17-11-9-16(10-12-17)13-24-14-18(26)15-25-21-7-3-1-5-19(21)20-6-2-4-8-22(20)25/h1,3,5,7,9-12,18,24,26H,2,4,6,8,13-15H2. The van der Waals surface area contributed by atoms with Crippen LogP contribution in [0.5, 0.6) is 0 Å². The summed E-state index contributed by atoms with van der Waals surface area (Å²) >= 11 is 5.92. The minimum absolute atomic E-state index is 0.413. The maximum Gasteiger partial charge on any atom is 0.0843 e. The SMILES string of the molecule is OC(CNCc1ccc(Cl)cc1)Cn1c2c(c3ccccc31)CCCC2. The number of para-hydroxylation sites is 1. The zero-order chi connectivity index (χ0) is 17.9. The van der Waals surface area contributed by atoms with Gasteiger partial charge in [-0.3, -0.25) is 0 Å². The molecular formula is C22H25ClN2O. The Bertz CT molecular complexity index is 885. The molecule has 1 unspecified atom stereocenters. The molecule has 0 amide bonds. The molecule has 4 rings (SSSR count). The third kappa shape index (κ3) is 3.66. The van der Waals surface area contributed by atoms with Gasteiger partial charge < -0.3 is 15.0 Å². The van der Waals surface area contributed by atoms with Crippen molar-refractivity contribution < 1.29 is 5.11 Å². The molecule has 0 saturated heterocycles. The van der Waals surface area contributed by atoms with Crippen LogP contribution in [0.1, 0.15) is 29.7 Å². The van der Waals surface area contributed by atoms with E-state index in [9.17, 15) is 5.11 Å². The number of halogens is 1.